The smallest absolute Gasteiger partial charge is 0.162 e. The highest BCUT2D eigenvalue weighted by Gasteiger charge is 2.47. The molecule has 6 nitrogen and oxygen atoms in total. The minimum Gasteiger partial charge on any atom is -0.507 e. The second-order valence-corrected chi connectivity index (χ2v) is 11.6. The van der Waals surface area contributed by atoms with Gasteiger partial charge >= 0.3 is 0 Å². The zero-order valence-electron chi connectivity index (χ0n) is 23.3. The monoisotopic (exact) mass is 556 g/mol. The van der Waals surface area contributed by atoms with E-state index in [1.165, 1.54) is 0 Å². The third-order valence-electron chi connectivity index (χ3n) is 7.64. The lowest BCUT2D eigenvalue weighted by molar-refractivity contribution is -0.118. The molecule has 3 aromatic rings. The molecule has 0 bridgehead atoms. The number of ether oxygens (including phenoxy) is 2. The molecule has 1 heterocycles. The molecule has 1 aliphatic carbocycles. The third kappa shape index (κ3) is 4.88. The first-order valence-electron chi connectivity index (χ1n) is 13.2. The zero-order chi connectivity index (χ0) is 28.8. The van der Waals surface area contributed by atoms with Crippen LogP contribution in [0.15, 0.2) is 83.6 Å². The lowest BCUT2D eigenvalue weighted by Crippen LogP contribution is -2.45. The first kappa shape index (κ1) is 27.5. The molecule has 0 saturated heterocycles. The summed E-state index contributed by atoms with van der Waals surface area (Å²) in [5.41, 5.74) is 4.23. The average molecular weight is 557 g/mol. The number of nitrogens with zero attached hydrogens (tertiary/aromatic N) is 1. The van der Waals surface area contributed by atoms with E-state index in [1.807, 2.05) is 49.4 Å². The summed E-state index contributed by atoms with van der Waals surface area (Å²) < 4.78 is 11.3. The Kier molecular flexibility index (Phi) is 7.23. The largest absolute Gasteiger partial charge is 0.507 e. The molecular weight excluding hydrogens is 524 g/mol. The Balaban J connectivity index is 1.89. The van der Waals surface area contributed by atoms with Crippen LogP contribution >= 0.6 is 11.6 Å². The molecule has 40 heavy (non-hydrogen) atoms. The number of allylic oxidation sites excluding steroid dienone is 2. The van der Waals surface area contributed by atoms with E-state index < -0.39 is 5.92 Å². The standard InChI is InChI=1S/C33H33ClN2O4/c1-19-6-8-20(9-7-19)31(38)30-28(24-16-23(39-4)14-15-27(24)40-5)29-25(17-33(2,3)18-26(29)37)36(32(30)35)22-12-10-21(34)11-13-22/h6-16,28,35,38H,17-18H2,1-5H3. The van der Waals surface area contributed by atoms with Gasteiger partial charge in [0.25, 0.3) is 0 Å². The number of halogens is 1. The summed E-state index contributed by atoms with van der Waals surface area (Å²) >= 11 is 6.22. The van der Waals surface area contributed by atoms with Gasteiger partial charge < -0.3 is 14.6 Å². The van der Waals surface area contributed by atoms with Gasteiger partial charge in [-0.1, -0.05) is 55.3 Å². The van der Waals surface area contributed by atoms with Gasteiger partial charge in [-0.05, 0) is 61.2 Å². The number of ketones is 1. The normalized spacial score (nSPS) is 19.9. The molecule has 206 valence electrons. The van der Waals surface area contributed by atoms with Crippen LogP contribution in [0.25, 0.3) is 5.76 Å². The number of aryl methyl sites for hydroxylation is 1. The van der Waals surface area contributed by atoms with Crippen LogP contribution in [0.4, 0.5) is 5.69 Å². The number of carbonyl (C=O) groups excluding carboxylic acids is 1. The first-order valence-corrected chi connectivity index (χ1v) is 13.6. The predicted molar refractivity (Wildman–Crippen MR) is 160 cm³/mol. The second-order valence-electron chi connectivity index (χ2n) is 11.1. The van der Waals surface area contributed by atoms with Crippen LogP contribution in [0.1, 0.15) is 49.3 Å². The van der Waals surface area contributed by atoms with Gasteiger partial charge in [0.05, 0.1) is 20.1 Å². The molecule has 0 radical (unpaired) electrons. The molecule has 5 rings (SSSR count). The van der Waals surface area contributed by atoms with Gasteiger partial charge in [0.2, 0.25) is 0 Å². The van der Waals surface area contributed by atoms with Crippen LogP contribution in [0.5, 0.6) is 11.5 Å². The number of Topliss-reactive ketones (excluding diaryl/α,β-unsaturated/α-hetero) is 1. The minimum absolute atomic E-state index is 0.0261. The fourth-order valence-corrected chi connectivity index (χ4v) is 5.86. The van der Waals surface area contributed by atoms with E-state index in [0.717, 1.165) is 11.3 Å². The van der Waals surface area contributed by atoms with Gasteiger partial charge in [-0.3, -0.25) is 15.1 Å². The third-order valence-corrected chi connectivity index (χ3v) is 7.89. The molecule has 1 aliphatic heterocycles. The second kappa shape index (κ2) is 10.5. The van der Waals surface area contributed by atoms with E-state index >= 15 is 0 Å². The van der Waals surface area contributed by atoms with Crippen LogP contribution in [0, 0.1) is 17.7 Å². The number of rotatable bonds is 5. The first-order chi connectivity index (χ1) is 19.0. The Morgan fingerprint density at radius 2 is 1.68 bits per heavy atom. The van der Waals surface area contributed by atoms with Crippen molar-refractivity contribution < 1.29 is 19.4 Å². The van der Waals surface area contributed by atoms with Crippen molar-refractivity contribution in [3.63, 3.8) is 0 Å². The summed E-state index contributed by atoms with van der Waals surface area (Å²) in [7, 11) is 3.15. The molecule has 2 N–H and O–H groups in total. The van der Waals surface area contributed by atoms with Crippen LogP contribution in [0.3, 0.4) is 0 Å². The molecule has 3 aromatic carbocycles. The van der Waals surface area contributed by atoms with E-state index in [4.69, 9.17) is 21.1 Å². The molecule has 0 aromatic heterocycles. The maximum atomic E-state index is 14.1. The lowest BCUT2D eigenvalue weighted by atomic mass is 9.67. The van der Waals surface area contributed by atoms with Crippen LogP contribution in [-0.4, -0.2) is 30.9 Å². The molecule has 1 unspecified atom stereocenters. The Labute approximate surface area is 240 Å². The number of aliphatic hydroxyl groups excluding tert-OH is 1. The van der Waals surface area contributed by atoms with Gasteiger partial charge in [-0.15, -0.1) is 0 Å². The quantitative estimate of drug-likeness (QED) is 0.312. The SMILES string of the molecule is COc1ccc(OC)c(C2C(=C(O)c3ccc(C)cc3)C(=N)N(c3ccc(Cl)cc3)C3=C2C(=O)CC(C)(C)C3)c1. The topological polar surface area (TPSA) is 82.8 Å². The summed E-state index contributed by atoms with van der Waals surface area (Å²) in [5, 5.41) is 22.1. The molecule has 0 amide bonds. The number of methoxy groups -OCH3 is 2. The fourth-order valence-electron chi connectivity index (χ4n) is 5.73. The van der Waals surface area contributed by atoms with Gasteiger partial charge in [0.15, 0.2) is 5.78 Å². The van der Waals surface area contributed by atoms with Crippen molar-refractivity contribution in [2.75, 3.05) is 19.1 Å². The van der Waals surface area contributed by atoms with Crippen LogP contribution in [-0.2, 0) is 4.79 Å². The molecular formula is C33H33ClN2O4. The van der Waals surface area contributed by atoms with Crippen molar-refractivity contribution in [1.82, 2.24) is 0 Å². The fraction of sp³-hybridized carbons (Fsp3) is 0.273. The van der Waals surface area contributed by atoms with Crippen molar-refractivity contribution >= 4 is 34.7 Å². The minimum atomic E-state index is -0.749. The van der Waals surface area contributed by atoms with Crippen LogP contribution in [0.2, 0.25) is 5.02 Å². The van der Waals surface area contributed by atoms with Gasteiger partial charge in [0, 0.05) is 45.1 Å². The average Bonchev–Trinajstić information content (AvgIpc) is 2.92. The maximum Gasteiger partial charge on any atom is 0.162 e. The van der Waals surface area contributed by atoms with Gasteiger partial charge in [0.1, 0.15) is 23.1 Å². The number of hydrogen-bond acceptors (Lipinski definition) is 5. The Hall–Kier alpha value is -4.03. The molecule has 2 aliphatic rings. The highest BCUT2D eigenvalue weighted by Crippen LogP contribution is 2.53. The summed E-state index contributed by atoms with van der Waals surface area (Å²) in [6.07, 6.45) is 0.912. The molecule has 0 spiro atoms. The highest BCUT2D eigenvalue weighted by molar-refractivity contribution is 6.30. The lowest BCUT2D eigenvalue weighted by Gasteiger charge is -2.45. The molecule has 7 heteroatoms. The van der Waals surface area contributed by atoms with Gasteiger partial charge in [-0.25, -0.2) is 0 Å². The number of anilines is 1. The highest BCUT2D eigenvalue weighted by atomic mass is 35.5. The van der Waals surface area contributed by atoms with Crippen molar-refractivity contribution in [1.29, 1.82) is 5.41 Å². The Morgan fingerprint density at radius 1 is 1.00 bits per heavy atom. The Morgan fingerprint density at radius 3 is 2.30 bits per heavy atom. The van der Waals surface area contributed by atoms with Crippen molar-refractivity contribution in [3.8, 4) is 11.5 Å². The van der Waals surface area contributed by atoms with E-state index in [9.17, 15) is 15.3 Å². The van der Waals surface area contributed by atoms with Crippen molar-refractivity contribution in [2.24, 2.45) is 5.41 Å². The van der Waals surface area contributed by atoms with E-state index in [0.29, 0.717) is 57.3 Å². The van der Waals surface area contributed by atoms with Crippen LogP contribution < -0.4 is 14.4 Å². The molecule has 0 fully saturated rings. The number of amidine groups is 1. The number of benzene rings is 3. The zero-order valence-corrected chi connectivity index (χ0v) is 24.1. The maximum absolute atomic E-state index is 14.1. The van der Waals surface area contributed by atoms with Crippen molar-refractivity contribution in [3.05, 3.63) is 105 Å². The van der Waals surface area contributed by atoms with E-state index in [-0.39, 0.29) is 22.8 Å². The van der Waals surface area contributed by atoms with E-state index in [2.05, 4.69) is 13.8 Å². The van der Waals surface area contributed by atoms with E-state index in [1.54, 1.807) is 43.4 Å². The van der Waals surface area contributed by atoms with Crippen molar-refractivity contribution in [2.45, 2.75) is 39.5 Å². The van der Waals surface area contributed by atoms with Gasteiger partial charge in [-0.2, -0.15) is 0 Å². The summed E-state index contributed by atoms with van der Waals surface area (Å²) in [4.78, 5) is 15.9. The molecule has 1 atom stereocenters. The number of aliphatic hydroxyl groups is 1. The summed E-state index contributed by atoms with van der Waals surface area (Å²) in [5.74, 6) is 0.366. The Bertz CT molecular complexity index is 1550. The summed E-state index contributed by atoms with van der Waals surface area (Å²) in [6, 6.07) is 20.1. The predicted octanol–water partition coefficient (Wildman–Crippen LogP) is 7.86. The number of nitrogens with one attached hydrogen (secondary N) is 1. The summed E-state index contributed by atoms with van der Waals surface area (Å²) in [6.45, 7) is 6.10. The number of hydrogen-bond donors (Lipinski definition) is 2. The number of carbonyl (C=O) groups is 1. The molecule has 0 saturated carbocycles.